The SMILES string of the molecule is NC(CS)C1CCS(=O)(=O)CC1. The molecule has 0 amide bonds. The summed E-state index contributed by atoms with van der Waals surface area (Å²) in [6.07, 6.45) is 1.42. The molecule has 72 valence electrons. The molecule has 0 saturated carbocycles. The topological polar surface area (TPSA) is 60.2 Å². The van der Waals surface area contributed by atoms with Crippen LogP contribution in [0.15, 0.2) is 0 Å². The molecule has 0 radical (unpaired) electrons. The van der Waals surface area contributed by atoms with Gasteiger partial charge in [-0.15, -0.1) is 0 Å². The molecule has 5 heteroatoms. The Balaban J connectivity index is 2.46. The first-order chi connectivity index (χ1) is 5.55. The largest absolute Gasteiger partial charge is 0.327 e. The summed E-state index contributed by atoms with van der Waals surface area (Å²) in [4.78, 5) is 0. The van der Waals surface area contributed by atoms with Crippen LogP contribution in [0.3, 0.4) is 0 Å². The lowest BCUT2D eigenvalue weighted by Gasteiger charge is -2.26. The summed E-state index contributed by atoms with van der Waals surface area (Å²) in [5.74, 6) is 1.61. The van der Waals surface area contributed by atoms with Crippen molar-refractivity contribution in [2.45, 2.75) is 18.9 Å². The number of rotatable bonds is 2. The molecule has 1 heterocycles. The first-order valence-electron chi connectivity index (χ1n) is 4.12. The van der Waals surface area contributed by atoms with Gasteiger partial charge in [0, 0.05) is 11.8 Å². The first kappa shape index (κ1) is 10.3. The van der Waals surface area contributed by atoms with Gasteiger partial charge in [0.25, 0.3) is 0 Å². The zero-order valence-electron chi connectivity index (χ0n) is 6.94. The van der Waals surface area contributed by atoms with Crippen molar-refractivity contribution < 1.29 is 8.42 Å². The van der Waals surface area contributed by atoms with Gasteiger partial charge in [0.1, 0.15) is 9.84 Å². The fraction of sp³-hybridized carbons (Fsp3) is 1.00. The minimum absolute atomic E-state index is 0.0591. The molecule has 0 aliphatic carbocycles. The van der Waals surface area contributed by atoms with E-state index in [1.807, 2.05) is 0 Å². The van der Waals surface area contributed by atoms with E-state index in [2.05, 4.69) is 12.6 Å². The average molecular weight is 209 g/mol. The molecule has 0 aromatic carbocycles. The predicted molar refractivity (Wildman–Crippen MR) is 53.2 cm³/mol. The molecule has 1 aliphatic rings. The van der Waals surface area contributed by atoms with Gasteiger partial charge in [-0.05, 0) is 18.8 Å². The summed E-state index contributed by atoms with van der Waals surface area (Å²) in [5.41, 5.74) is 5.77. The Morgan fingerprint density at radius 1 is 1.42 bits per heavy atom. The second kappa shape index (κ2) is 3.98. The summed E-state index contributed by atoms with van der Waals surface area (Å²) in [6, 6.07) is 0.0591. The highest BCUT2D eigenvalue weighted by Crippen LogP contribution is 2.21. The van der Waals surface area contributed by atoms with Gasteiger partial charge in [0.05, 0.1) is 11.5 Å². The maximum absolute atomic E-state index is 11.0. The number of thiol groups is 1. The third-order valence-electron chi connectivity index (χ3n) is 2.42. The molecule has 0 aromatic heterocycles. The number of sulfone groups is 1. The highest BCUT2D eigenvalue weighted by atomic mass is 32.2. The van der Waals surface area contributed by atoms with Crippen LogP contribution in [0.1, 0.15) is 12.8 Å². The molecule has 2 N–H and O–H groups in total. The molecule has 12 heavy (non-hydrogen) atoms. The van der Waals surface area contributed by atoms with Gasteiger partial charge in [0.15, 0.2) is 0 Å². The van der Waals surface area contributed by atoms with E-state index in [0.717, 1.165) is 0 Å². The third kappa shape index (κ3) is 2.64. The molecule has 1 fully saturated rings. The van der Waals surface area contributed by atoms with E-state index in [9.17, 15) is 8.42 Å². The Kier molecular flexibility index (Phi) is 3.43. The van der Waals surface area contributed by atoms with E-state index in [-0.39, 0.29) is 6.04 Å². The molecule has 1 unspecified atom stereocenters. The van der Waals surface area contributed by atoms with E-state index >= 15 is 0 Å². The van der Waals surface area contributed by atoms with Crippen molar-refractivity contribution >= 4 is 22.5 Å². The Morgan fingerprint density at radius 2 is 1.92 bits per heavy atom. The summed E-state index contributed by atoms with van der Waals surface area (Å²) < 4.78 is 22.1. The molecule has 1 rings (SSSR count). The number of nitrogens with two attached hydrogens (primary N) is 1. The number of hydrogen-bond acceptors (Lipinski definition) is 4. The van der Waals surface area contributed by atoms with Crippen LogP contribution in [0.4, 0.5) is 0 Å². The molecule has 1 atom stereocenters. The van der Waals surface area contributed by atoms with Crippen LogP contribution in [0.5, 0.6) is 0 Å². The van der Waals surface area contributed by atoms with Crippen LogP contribution in [-0.4, -0.2) is 31.7 Å². The molecular weight excluding hydrogens is 194 g/mol. The Labute approximate surface area is 79.0 Å². The molecule has 0 aromatic rings. The van der Waals surface area contributed by atoms with Crippen molar-refractivity contribution in [3.63, 3.8) is 0 Å². The summed E-state index contributed by atoms with van der Waals surface area (Å²) in [5, 5.41) is 0. The second-order valence-electron chi connectivity index (χ2n) is 3.34. The maximum Gasteiger partial charge on any atom is 0.150 e. The Morgan fingerprint density at radius 3 is 2.33 bits per heavy atom. The lowest BCUT2D eigenvalue weighted by Crippen LogP contribution is -2.37. The van der Waals surface area contributed by atoms with Crippen molar-refractivity contribution in [2.24, 2.45) is 11.7 Å². The molecule has 1 aliphatic heterocycles. The zero-order chi connectivity index (χ0) is 9.19. The average Bonchev–Trinajstić information content (AvgIpc) is 2.03. The minimum atomic E-state index is -2.74. The fourth-order valence-electron chi connectivity index (χ4n) is 1.49. The molecule has 1 saturated heterocycles. The van der Waals surface area contributed by atoms with Crippen LogP contribution in [0.25, 0.3) is 0 Å². The summed E-state index contributed by atoms with van der Waals surface area (Å²) in [6.45, 7) is 0. The van der Waals surface area contributed by atoms with Crippen LogP contribution >= 0.6 is 12.6 Å². The second-order valence-corrected chi connectivity index (χ2v) is 6.00. The quantitative estimate of drug-likeness (QED) is 0.633. The van der Waals surface area contributed by atoms with Gasteiger partial charge in [-0.2, -0.15) is 12.6 Å². The van der Waals surface area contributed by atoms with Crippen molar-refractivity contribution in [1.29, 1.82) is 0 Å². The standard InChI is InChI=1S/C7H15NO2S2/c8-7(5-11)6-1-3-12(9,10)4-2-6/h6-7,11H,1-5,8H2. The minimum Gasteiger partial charge on any atom is -0.327 e. The van der Waals surface area contributed by atoms with Crippen LogP contribution in [-0.2, 0) is 9.84 Å². The summed E-state index contributed by atoms with van der Waals surface area (Å²) in [7, 11) is -2.74. The van der Waals surface area contributed by atoms with Gasteiger partial charge < -0.3 is 5.73 Å². The van der Waals surface area contributed by atoms with Gasteiger partial charge in [-0.1, -0.05) is 0 Å². The van der Waals surface area contributed by atoms with Crippen molar-refractivity contribution in [1.82, 2.24) is 0 Å². The maximum atomic E-state index is 11.0. The van der Waals surface area contributed by atoms with E-state index in [4.69, 9.17) is 5.73 Å². The van der Waals surface area contributed by atoms with Crippen molar-refractivity contribution in [3.05, 3.63) is 0 Å². The van der Waals surface area contributed by atoms with Crippen LogP contribution < -0.4 is 5.73 Å². The van der Waals surface area contributed by atoms with Crippen LogP contribution in [0.2, 0.25) is 0 Å². The van der Waals surface area contributed by atoms with Gasteiger partial charge in [-0.3, -0.25) is 0 Å². The van der Waals surface area contributed by atoms with E-state index in [1.165, 1.54) is 0 Å². The lowest BCUT2D eigenvalue weighted by molar-refractivity contribution is 0.407. The molecule has 0 spiro atoms. The first-order valence-corrected chi connectivity index (χ1v) is 6.57. The zero-order valence-corrected chi connectivity index (χ0v) is 8.65. The van der Waals surface area contributed by atoms with Crippen molar-refractivity contribution in [2.75, 3.05) is 17.3 Å². The van der Waals surface area contributed by atoms with E-state index < -0.39 is 9.84 Å². The molecule has 0 bridgehead atoms. The van der Waals surface area contributed by atoms with Gasteiger partial charge in [-0.25, -0.2) is 8.42 Å². The highest BCUT2D eigenvalue weighted by molar-refractivity contribution is 7.91. The Bertz CT molecular complexity index is 224. The number of hydrogen-bond donors (Lipinski definition) is 2. The van der Waals surface area contributed by atoms with Gasteiger partial charge in [0.2, 0.25) is 0 Å². The van der Waals surface area contributed by atoms with E-state index in [0.29, 0.717) is 36.0 Å². The monoisotopic (exact) mass is 209 g/mol. The highest BCUT2D eigenvalue weighted by Gasteiger charge is 2.26. The third-order valence-corrected chi connectivity index (χ3v) is 4.55. The Hall–Kier alpha value is 0.260. The summed E-state index contributed by atoms with van der Waals surface area (Å²) >= 11 is 4.09. The molecule has 3 nitrogen and oxygen atoms in total. The van der Waals surface area contributed by atoms with E-state index in [1.54, 1.807) is 0 Å². The fourth-order valence-corrected chi connectivity index (χ4v) is 3.31. The smallest absolute Gasteiger partial charge is 0.150 e. The van der Waals surface area contributed by atoms with Gasteiger partial charge >= 0.3 is 0 Å². The van der Waals surface area contributed by atoms with Crippen LogP contribution in [0, 0.1) is 5.92 Å². The molecular formula is C7H15NO2S2. The van der Waals surface area contributed by atoms with Crippen molar-refractivity contribution in [3.8, 4) is 0 Å². The normalized spacial score (nSPS) is 26.8. The lowest BCUT2D eigenvalue weighted by atomic mass is 9.96. The predicted octanol–water partition coefficient (Wildman–Crippen LogP) is 0.0683.